The van der Waals surface area contributed by atoms with Crippen LogP contribution in [0.25, 0.3) is 0 Å². The zero-order valence-corrected chi connectivity index (χ0v) is 11.6. The molecule has 2 bridgehead atoms. The summed E-state index contributed by atoms with van der Waals surface area (Å²) in [6.45, 7) is 10.3. The van der Waals surface area contributed by atoms with Crippen LogP contribution in [0.4, 0.5) is 0 Å². The largest absolute Gasteiger partial charge is 0.462 e. The fraction of sp³-hybridized carbons (Fsp3) is 0.800. The molecule has 2 nitrogen and oxygen atoms in total. The van der Waals surface area contributed by atoms with E-state index in [1.807, 2.05) is 0 Å². The van der Waals surface area contributed by atoms with E-state index >= 15 is 0 Å². The van der Waals surface area contributed by atoms with E-state index in [9.17, 15) is 4.79 Å². The highest BCUT2D eigenvalue weighted by atomic mass is 16.5. The second kappa shape index (κ2) is 4.15. The number of carbonyl (C=O) groups excluding carboxylic acids is 1. The Balaban J connectivity index is 2.22. The van der Waals surface area contributed by atoms with Crippen molar-refractivity contribution in [2.24, 2.45) is 29.1 Å². The highest BCUT2D eigenvalue weighted by Crippen LogP contribution is 2.52. The number of fused-ring (bicyclic) bond motifs is 2. The van der Waals surface area contributed by atoms with Gasteiger partial charge in [-0.25, -0.2) is 0 Å². The van der Waals surface area contributed by atoms with Gasteiger partial charge in [-0.15, -0.1) is 0 Å². The topological polar surface area (TPSA) is 26.3 Å². The molecule has 0 saturated heterocycles. The first-order valence-corrected chi connectivity index (χ1v) is 6.66. The lowest BCUT2D eigenvalue weighted by molar-refractivity contribution is -0.158. The summed E-state index contributed by atoms with van der Waals surface area (Å²) < 4.78 is 5.65. The molecular weight excluding hydrogens is 212 g/mol. The molecule has 5 unspecified atom stereocenters. The summed E-state index contributed by atoms with van der Waals surface area (Å²) in [5.41, 5.74) is 0.0168. The Bertz CT molecular complexity index is 337. The third-order valence-corrected chi connectivity index (χ3v) is 4.42. The Morgan fingerprint density at radius 1 is 1.29 bits per heavy atom. The molecule has 0 spiro atoms. The van der Waals surface area contributed by atoms with Crippen molar-refractivity contribution in [3.05, 3.63) is 12.2 Å². The first-order valence-electron chi connectivity index (χ1n) is 6.66. The lowest BCUT2D eigenvalue weighted by Gasteiger charge is -2.39. The van der Waals surface area contributed by atoms with Gasteiger partial charge in [-0.05, 0) is 29.6 Å². The number of esters is 1. The summed E-state index contributed by atoms with van der Waals surface area (Å²) in [6.07, 6.45) is 5.96. The number of carbonyl (C=O) groups is 1. The summed E-state index contributed by atoms with van der Waals surface area (Å²) in [7, 11) is 0. The molecule has 0 aromatic rings. The van der Waals surface area contributed by atoms with Crippen LogP contribution in [0.5, 0.6) is 0 Å². The standard InChI is InChI=1S/C15H24O2/c1-9-11-6-7-12(8-11)13(9)14(15(3,4)5)17-10(2)16/h6-7,9,11-14H,8H2,1-5H3. The number of ether oxygens (including phenoxy) is 1. The smallest absolute Gasteiger partial charge is 0.302 e. The summed E-state index contributed by atoms with van der Waals surface area (Å²) >= 11 is 0. The maximum absolute atomic E-state index is 11.3. The van der Waals surface area contributed by atoms with Crippen LogP contribution in [0.15, 0.2) is 12.2 Å². The number of allylic oxidation sites excluding steroid dienone is 2. The van der Waals surface area contributed by atoms with Crippen molar-refractivity contribution in [3.8, 4) is 0 Å². The van der Waals surface area contributed by atoms with Crippen LogP contribution in [0.1, 0.15) is 41.0 Å². The van der Waals surface area contributed by atoms with Crippen molar-refractivity contribution in [1.29, 1.82) is 0 Å². The van der Waals surface area contributed by atoms with Gasteiger partial charge in [-0.3, -0.25) is 4.79 Å². The van der Waals surface area contributed by atoms with Crippen LogP contribution in [-0.4, -0.2) is 12.1 Å². The highest BCUT2D eigenvalue weighted by molar-refractivity contribution is 5.66. The molecular formula is C15H24O2. The van der Waals surface area contributed by atoms with Gasteiger partial charge in [0.05, 0.1) is 0 Å². The Morgan fingerprint density at radius 2 is 1.88 bits per heavy atom. The zero-order chi connectivity index (χ0) is 12.8. The minimum absolute atomic E-state index is 0.0168. The molecule has 2 aliphatic carbocycles. The fourth-order valence-corrected chi connectivity index (χ4v) is 3.62. The average molecular weight is 236 g/mol. The van der Waals surface area contributed by atoms with Crippen molar-refractivity contribution in [2.75, 3.05) is 0 Å². The first-order chi connectivity index (χ1) is 7.80. The van der Waals surface area contributed by atoms with Crippen molar-refractivity contribution >= 4 is 5.97 Å². The van der Waals surface area contributed by atoms with E-state index in [1.165, 1.54) is 13.3 Å². The predicted molar refractivity (Wildman–Crippen MR) is 68.4 cm³/mol. The van der Waals surface area contributed by atoms with E-state index in [-0.39, 0.29) is 17.5 Å². The van der Waals surface area contributed by atoms with Gasteiger partial charge < -0.3 is 4.74 Å². The van der Waals surface area contributed by atoms with Gasteiger partial charge in [0.2, 0.25) is 0 Å². The Labute approximate surface area is 104 Å². The molecule has 0 heterocycles. The van der Waals surface area contributed by atoms with E-state index in [1.54, 1.807) is 0 Å². The molecule has 2 aliphatic rings. The Kier molecular flexibility index (Phi) is 3.09. The van der Waals surface area contributed by atoms with Crippen LogP contribution < -0.4 is 0 Å². The highest BCUT2D eigenvalue weighted by Gasteiger charge is 2.49. The molecule has 0 amide bonds. The molecule has 96 valence electrons. The van der Waals surface area contributed by atoms with Gasteiger partial charge in [0.1, 0.15) is 6.10 Å². The summed E-state index contributed by atoms with van der Waals surface area (Å²) in [6, 6.07) is 0. The van der Waals surface area contributed by atoms with Gasteiger partial charge in [-0.1, -0.05) is 39.8 Å². The molecule has 1 saturated carbocycles. The van der Waals surface area contributed by atoms with E-state index in [0.717, 1.165) is 0 Å². The Hall–Kier alpha value is -0.790. The third kappa shape index (κ3) is 2.27. The molecule has 1 fully saturated rings. The molecule has 0 aliphatic heterocycles. The third-order valence-electron chi connectivity index (χ3n) is 4.42. The van der Waals surface area contributed by atoms with Crippen LogP contribution >= 0.6 is 0 Å². The fourth-order valence-electron chi connectivity index (χ4n) is 3.62. The maximum atomic E-state index is 11.3. The van der Waals surface area contributed by atoms with Crippen molar-refractivity contribution in [3.63, 3.8) is 0 Å². The number of hydrogen-bond donors (Lipinski definition) is 0. The van der Waals surface area contributed by atoms with E-state index in [4.69, 9.17) is 4.74 Å². The van der Waals surface area contributed by atoms with E-state index in [0.29, 0.717) is 23.7 Å². The first kappa shape index (κ1) is 12.7. The summed E-state index contributed by atoms with van der Waals surface area (Å²) in [5.74, 6) is 2.29. The van der Waals surface area contributed by atoms with E-state index in [2.05, 4.69) is 39.8 Å². The SMILES string of the molecule is CC(=O)OC(C1C2C=CC(C2)C1C)C(C)(C)C. The Morgan fingerprint density at radius 3 is 2.29 bits per heavy atom. The molecule has 5 atom stereocenters. The predicted octanol–water partition coefficient (Wildman–Crippen LogP) is 3.42. The van der Waals surface area contributed by atoms with Crippen LogP contribution in [0.3, 0.4) is 0 Å². The summed E-state index contributed by atoms with van der Waals surface area (Å²) in [5, 5.41) is 0. The average Bonchev–Trinajstić information content (AvgIpc) is 2.73. The van der Waals surface area contributed by atoms with Gasteiger partial charge >= 0.3 is 5.97 Å². The monoisotopic (exact) mass is 236 g/mol. The minimum Gasteiger partial charge on any atom is -0.462 e. The van der Waals surface area contributed by atoms with Gasteiger partial charge in [0.15, 0.2) is 0 Å². The van der Waals surface area contributed by atoms with Gasteiger partial charge in [-0.2, -0.15) is 0 Å². The molecule has 0 N–H and O–H groups in total. The van der Waals surface area contributed by atoms with Crippen molar-refractivity contribution < 1.29 is 9.53 Å². The maximum Gasteiger partial charge on any atom is 0.302 e. The molecule has 0 radical (unpaired) electrons. The number of hydrogen-bond acceptors (Lipinski definition) is 2. The quantitative estimate of drug-likeness (QED) is 0.542. The lowest BCUT2D eigenvalue weighted by Crippen LogP contribution is -2.42. The molecule has 2 heteroatoms. The van der Waals surface area contributed by atoms with Crippen molar-refractivity contribution in [2.45, 2.75) is 47.1 Å². The van der Waals surface area contributed by atoms with E-state index < -0.39 is 0 Å². The van der Waals surface area contributed by atoms with Crippen LogP contribution in [-0.2, 0) is 9.53 Å². The zero-order valence-electron chi connectivity index (χ0n) is 11.6. The normalized spacial score (nSPS) is 37.2. The van der Waals surface area contributed by atoms with Crippen molar-refractivity contribution in [1.82, 2.24) is 0 Å². The number of rotatable bonds is 2. The lowest BCUT2D eigenvalue weighted by atomic mass is 9.72. The van der Waals surface area contributed by atoms with Gasteiger partial charge in [0.25, 0.3) is 0 Å². The van der Waals surface area contributed by atoms with Gasteiger partial charge in [0, 0.05) is 12.8 Å². The summed E-state index contributed by atoms with van der Waals surface area (Å²) in [4.78, 5) is 11.3. The minimum atomic E-state index is -0.149. The molecule has 2 rings (SSSR count). The second-order valence-corrected chi connectivity index (χ2v) is 6.78. The van der Waals surface area contributed by atoms with Crippen LogP contribution in [0, 0.1) is 29.1 Å². The molecule has 0 aromatic carbocycles. The molecule has 0 aromatic heterocycles. The molecule has 17 heavy (non-hydrogen) atoms. The second-order valence-electron chi connectivity index (χ2n) is 6.78. The van der Waals surface area contributed by atoms with Crippen LogP contribution in [0.2, 0.25) is 0 Å².